The van der Waals surface area contributed by atoms with Crippen molar-refractivity contribution in [2.24, 2.45) is 23.2 Å². The number of hydrazine groups is 2. The van der Waals surface area contributed by atoms with Crippen LogP contribution in [0.3, 0.4) is 0 Å². The molecular formula is C3H12N8. The molecule has 0 bridgehead atoms. The van der Waals surface area contributed by atoms with E-state index in [2.05, 4.69) is 0 Å². The van der Waals surface area contributed by atoms with Gasteiger partial charge in [0, 0.05) is 0 Å². The van der Waals surface area contributed by atoms with Gasteiger partial charge < -0.3 is 11.5 Å². The first-order valence-electron chi connectivity index (χ1n) is 2.67. The van der Waals surface area contributed by atoms with E-state index in [1.807, 2.05) is 0 Å². The zero-order chi connectivity index (χ0) is 9.02. The predicted octanol–water partition coefficient (Wildman–Crippen LogP) is -2.92. The number of rotatable bonds is 2. The molecule has 10 N–H and O–H groups in total. The quantitative estimate of drug-likeness (QED) is 0.0834. The second kappa shape index (κ2) is 3.58. The summed E-state index contributed by atoms with van der Waals surface area (Å²) < 4.78 is 0. The standard InChI is InChI=1S/C3H12N8/c4-2(5)10(8)1-11(9)3(6)7/h1,8-9H2,(H3,4,5)(H3,6,7). The second-order valence-electron chi connectivity index (χ2n) is 1.85. The predicted molar refractivity (Wildman–Crippen MR) is 40.7 cm³/mol. The van der Waals surface area contributed by atoms with Crippen molar-refractivity contribution in [1.82, 2.24) is 10.0 Å². The summed E-state index contributed by atoms with van der Waals surface area (Å²) in [6.45, 7) is -0.0926. The molecule has 0 spiro atoms. The lowest BCUT2D eigenvalue weighted by Crippen LogP contribution is -2.54. The Morgan fingerprint density at radius 1 is 1.00 bits per heavy atom. The van der Waals surface area contributed by atoms with Crippen molar-refractivity contribution < 1.29 is 0 Å². The summed E-state index contributed by atoms with van der Waals surface area (Å²) in [5.41, 5.74) is 9.95. The molecule has 0 aliphatic carbocycles. The SMILES string of the molecule is N=C(N)N(N)CN(N)C(=N)N. The lowest BCUT2D eigenvalue weighted by atomic mass is 10.8. The Morgan fingerprint density at radius 3 is 1.45 bits per heavy atom. The molecule has 0 aliphatic rings. The summed E-state index contributed by atoms with van der Waals surface area (Å²) >= 11 is 0. The molecule has 0 aromatic carbocycles. The van der Waals surface area contributed by atoms with Crippen LogP contribution in [0.15, 0.2) is 0 Å². The monoisotopic (exact) mass is 160 g/mol. The van der Waals surface area contributed by atoms with Gasteiger partial charge in [-0.3, -0.25) is 20.8 Å². The molecule has 0 saturated heterocycles. The van der Waals surface area contributed by atoms with Crippen molar-refractivity contribution in [2.75, 3.05) is 6.67 Å². The summed E-state index contributed by atoms with van der Waals surface area (Å²) in [4.78, 5) is 0. The van der Waals surface area contributed by atoms with Crippen molar-refractivity contribution in [2.45, 2.75) is 0 Å². The maximum Gasteiger partial charge on any atom is 0.204 e. The zero-order valence-corrected chi connectivity index (χ0v) is 5.91. The molecular weight excluding hydrogens is 148 g/mol. The summed E-state index contributed by atoms with van der Waals surface area (Å²) in [5, 5.41) is 15.3. The molecule has 0 aromatic heterocycles. The summed E-state index contributed by atoms with van der Waals surface area (Å²) in [5.74, 6) is 9.64. The molecule has 64 valence electrons. The van der Waals surface area contributed by atoms with Crippen molar-refractivity contribution in [3.63, 3.8) is 0 Å². The van der Waals surface area contributed by atoms with E-state index in [0.717, 1.165) is 10.0 Å². The number of hydrogen-bond acceptors (Lipinski definition) is 4. The third-order valence-corrected chi connectivity index (χ3v) is 0.924. The average molecular weight is 160 g/mol. The minimum Gasteiger partial charge on any atom is -0.369 e. The third kappa shape index (κ3) is 3.23. The number of hydrogen-bond donors (Lipinski definition) is 6. The fraction of sp³-hybridized carbons (Fsp3) is 0.333. The first kappa shape index (κ1) is 9.46. The van der Waals surface area contributed by atoms with Gasteiger partial charge in [-0.05, 0) is 0 Å². The molecule has 8 heteroatoms. The highest BCUT2D eigenvalue weighted by Gasteiger charge is 2.05. The van der Waals surface area contributed by atoms with E-state index in [4.69, 9.17) is 34.0 Å². The van der Waals surface area contributed by atoms with Crippen molar-refractivity contribution >= 4 is 11.9 Å². The molecule has 0 radical (unpaired) electrons. The van der Waals surface area contributed by atoms with Crippen LogP contribution in [0.5, 0.6) is 0 Å². The van der Waals surface area contributed by atoms with E-state index in [-0.39, 0.29) is 18.6 Å². The van der Waals surface area contributed by atoms with E-state index in [1.54, 1.807) is 0 Å². The second-order valence-corrected chi connectivity index (χ2v) is 1.85. The maximum absolute atomic E-state index is 6.82. The van der Waals surface area contributed by atoms with Gasteiger partial charge in [0.25, 0.3) is 0 Å². The molecule has 0 amide bonds. The van der Waals surface area contributed by atoms with Crippen LogP contribution < -0.4 is 23.2 Å². The van der Waals surface area contributed by atoms with Gasteiger partial charge in [0.2, 0.25) is 11.9 Å². The number of nitrogens with two attached hydrogens (primary N) is 4. The van der Waals surface area contributed by atoms with Gasteiger partial charge in [-0.2, -0.15) is 0 Å². The molecule has 11 heavy (non-hydrogen) atoms. The largest absolute Gasteiger partial charge is 0.369 e. The molecule has 0 rings (SSSR count). The van der Waals surface area contributed by atoms with E-state index in [0.29, 0.717) is 0 Å². The number of nitrogens with one attached hydrogen (secondary N) is 2. The molecule has 0 heterocycles. The van der Waals surface area contributed by atoms with Crippen LogP contribution in [-0.2, 0) is 0 Å². The molecule has 0 fully saturated rings. The highest BCUT2D eigenvalue weighted by Crippen LogP contribution is 1.78. The van der Waals surface area contributed by atoms with Gasteiger partial charge in [-0.1, -0.05) is 0 Å². The highest BCUT2D eigenvalue weighted by atomic mass is 15.6. The number of nitrogens with zero attached hydrogens (tertiary/aromatic N) is 2. The Bertz CT molecular complexity index is 145. The van der Waals surface area contributed by atoms with Crippen LogP contribution in [0.4, 0.5) is 0 Å². The molecule has 0 atom stereocenters. The van der Waals surface area contributed by atoms with Crippen LogP contribution in [0.25, 0.3) is 0 Å². The van der Waals surface area contributed by atoms with E-state index < -0.39 is 0 Å². The van der Waals surface area contributed by atoms with Crippen LogP contribution in [0.2, 0.25) is 0 Å². The van der Waals surface area contributed by atoms with E-state index >= 15 is 0 Å². The Morgan fingerprint density at radius 2 is 1.27 bits per heavy atom. The molecule has 0 saturated carbocycles. The van der Waals surface area contributed by atoms with Crippen molar-refractivity contribution in [3.8, 4) is 0 Å². The Balaban J connectivity index is 3.84. The minimum absolute atomic E-state index is 0.0926. The molecule has 0 aromatic rings. The lowest BCUT2D eigenvalue weighted by Gasteiger charge is -2.22. The van der Waals surface area contributed by atoms with Crippen LogP contribution in [0.1, 0.15) is 0 Å². The Labute approximate surface area is 63.7 Å². The summed E-state index contributed by atoms with van der Waals surface area (Å²) in [7, 11) is 0. The van der Waals surface area contributed by atoms with E-state index in [9.17, 15) is 0 Å². The van der Waals surface area contributed by atoms with Crippen molar-refractivity contribution in [1.29, 1.82) is 10.8 Å². The van der Waals surface area contributed by atoms with Gasteiger partial charge >= 0.3 is 0 Å². The van der Waals surface area contributed by atoms with E-state index in [1.165, 1.54) is 0 Å². The minimum atomic E-state index is -0.346. The fourth-order valence-corrected chi connectivity index (χ4v) is 0.317. The van der Waals surface area contributed by atoms with Gasteiger partial charge in [0.05, 0.1) is 0 Å². The Kier molecular flexibility index (Phi) is 3.08. The highest BCUT2D eigenvalue weighted by molar-refractivity contribution is 5.76. The normalized spacial score (nSPS) is 8.91. The van der Waals surface area contributed by atoms with Gasteiger partial charge in [0.1, 0.15) is 6.67 Å². The van der Waals surface area contributed by atoms with Crippen LogP contribution in [-0.4, -0.2) is 28.6 Å². The number of guanidine groups is 2. The van der Waals surface area contributed by atoms with Gasteiger partial charge in [-0.25, -0.2) is 11.7 Å². The zero-order valence-electron chi connectivity index (χ0n) is 5.91. The topological polar surface area (TPSA) is 158 Å². The molecule has 8 nitrogen and oxygen atoms in total. The van der Waals surface area contributed by atoms with Gasteiger partial charge in [-0.15, -0.1) is 0 Å². The Hall–Kier alpha value is -1.54. The van der Waals surface area contributed by atoms with Crippen LogP contribution in [0, 0.1) is 10.8 Å². The average Bonchev–Trinajstić information content (AvgIpc) is 1.87. The summed E-state index contributed by atoms with van der Waals surface area (Å²) in [6.07, 6.45) is 0. The lowest BCUT2D eigenvalue weighted by molar-refractivity contribution is 0.274. The third-order valence-electron chi connectivity index (χ3n) is 0.924. The first-order valence-corrected chi connectivity index (χ1v) is 2.67. The summed E-state index contributed by atoms with van der Waals surface area (Å²) in [6, 6.07) is 0. The smallest absolute Gasteiger partial charge is 0.204 e. The molecule has 0 unspecified atom stereocenters. The molecule has 0 aliphatic heterocycles. The maximum atomic E-state index is 6.82. The van der Waals surface area contributed by atoms with Crippen molar-refractivity contribution in [3.05, 3.63) is 0 Å². The first-order chi connectivity index (χ1) is 4.95. The van der Waals surface area contributed by atoms with Gasteiger partial charge in [0.15, 0.2) is 0 Å². The fourth-order valence-electron chi connectivity index (χ4n) is 0.317. The van der Waals surface area contributed by atoms with Crippen LogP contribution >= 0.6 is 0 Å².